The summed E-state index contributed by atoms with van der Waals surface area (Å²) < 4.78 is 26.7. The molecule has 0 unspecified atom stereocenters. The lowest BCUT2D eigenvalue weighted by molar-refractivity contribution is 0.463. The van der Waals surface area contributed by atoms with Crippen molar-refractivity contribution >= 4 is 15.7 Å². The average Bonchev–Trinajstić information content (AvgIpc) is 2.17. The lowest BCUT2D eigenvalue weighted by Crippen LogP contribution is -2.26. The second-order valence-electron chi connectivity index (χ2n) is 5.78. The molecule has 0 aromatic heterocycles. The Hall–Kier alpha value is -1.07. The van der Waals surface area contributed by atoms with Crippen molar-refractivity contribution < 1.29 is 8.42 Å². The van der Waals surface area contributed by atoms with E-state index in [0.717, 1.165) is 11.1 Å². The predicted molar refractivity (Wildman–Crippen MR) is 75.9 cm³/mol. The van der Waals surface area contributed by atoms with E-state index in [1.165, 1.54) is 0 Å². The summed E-state index contributed by atoms with van der Waals surface area (Å²) in [5.74, 6) is 0.0896. The molecule has 0 atom stereocenters. The summed E-state index contributed by atoms with van der Waals surface area (Å²) in [7, 11) is -3.33. The quantitative estimate of drug-likeness (QED) is 0.881. The van der Waals surface area contributed by atoms with Crippen LogP contribution in [-0.4, -0.2) is 14.2 Å². The first-order valence-electron chi connectivity index (χ1n) is 5.93. The highest BCUT2D eigenvalue weighted by molar-refractivity contribution is 7.92. The number of hydrogen-bond acceptors (Lipinski definition) is 3. The number of rotatable bonds is 4. The van der Waals surface area contributed by atoms with Crippen LogP contribution in [0.2, 0.25) is 0 Å². The summed E-state index contributed by atoms with van der Waals surface area (Å²) in [4.78, 5) is 0. The zero-order valence-electron chi connectivity index (χ0n) is 11.4. The standard InChI is InChI=1S/C13H22N2O2S/c1-10-5-6-11(8-14)7-12(10)15-18(16,17)9-13(2,3)4/h5-7,15H,8-9,14H2,1-4H3. The highest BCUT2D eigenvalue weighted by atomic mass is 32.2. The second kappa shape index (κ2) is 5.28. The fraction of sp³-hybridized carbons (Fsp3) is 0.538. The monoisotopic (exact) mass is 270 g/mol. The van der Waals surface area contributed by atoms with Crippen molar-refractivity contribution in [2.24, 2.45) is 11.1 Å². The van der Waals surface area contributed by atoms with Gasteiger partial charge in [-0.2, -0.15) is 0 Å². The molecule has 0 bridgehead atoms. The Balaban J connectivity index is 2.97. The number of sulfonamides is 1. The molecule has 1 rings (SSSR count). The second-order valence-corrected chi connectivity index (χ2v) is 7.50. The maximum atomic E-state index is 12.0. The van der Waals surface area contributed by atoms with Crippen molar-refractivity contribution in [3.8, 4) is 0 Å². The molecule has 0 saturated carbocycles. The van der Waals surface area contributed by atoms with Crippen LogP contribution in [-0.2, 0) is 16.6 Å². The van der Waals surface area contributed by atoms with Crippen LogP contribution in [0, 0.1) is 12.3 Å². The van der Waals surface area contributed by atoms with E-state index in [9.17, 15) is 8.42 Å². The van der Waals surface area contributed by atoms with Crippen LogP contribution in [0.5, 0.6) is 0 Å². The molecule has 0 saturated heterocycles. The van der Waals surface area contributed by atoms with Crippen molar-refractivity contribution in [1.29, 1.82) is 0 Å². The fourth-order valence-corrected chi connectivity index (χ4v) is 3.45. The molecule has 1 aromatic carbocycles. The molecule has 1 aromatic rings. The highest BCUT2D eigenvalue weighted by Gasteiger charge is 2.22. The summed E-state index contributed by atoms with van der Waals surface area (Å²) in [6, 6.07) is 5.56. The van der Waals surface area contributed by atoms with E-state index in [1.807, 2.05) is 39.8 Å². The van der Waals surface area contributed by atoms with Crippen LogP contribution >= 0.6 is 0 Å². The lowest BCUT2D eigenvalue weighted by atomic mass is 10.0. The van der Waals surface area contributed by atoms with E-state index in [0.29, 0.717) is 12.2 Å². The molecule has 0 fully saturated rings. The Labute approximate surface area is 110 Å². The minimum absolute atomic E-state index is 0.0896. The molecule has 102 valence electrons. The SMILES string of the molecule is Cc1ccc(CN)cc1NS(=O)(=O)CC(C)(C)C. The van der Waals surface area contributed by atoms with Crippen molar-refractivity contribution in [3.63, 3.8) is 0 Å². The minimum Gasteiger partial charge on any atom is -0.326 e. The van der Waals surface area contributed by atoms with Crippen molar-refractivity contribution in [3.05, 3.63) is 29.3 Å². The minimum atomic E-state index is -3.33. The van der Waals surface area contributed by atoms with Gasteiger partial charge in [-0.3, -0.25) is 4.72 Å². The van der Waals surface area contributed by atoms with Gasteiger partial charge in [-0.1, -0.05) is 32.9 Å². The smallest absolute Gasteiger partial charge is 0.233 e. The molecule has 0 aliphatic heterocycles. The molecule has 0 amide bonds. The Bertz CT molecular complexity index is 516. The Morgan fingerprint density at radius 2 is 1.89 bits per heavy atom. The van der Waals surface area contributed by atoms with E-state index in [1.54, 1.807) is 6.07 Å². The molecule has 0 aliphatic carbocycles. The zero-order chi connectivity index (χ0) is 14.0. The van der Waals surface area contributed by atoms with E-state index >= 15 is 0 Å². The third-order valence-corrected chi connectivity index (χ3v) is 4.20. The van der Waals surface area contributed by atoms with Gasteiger partial charge in [-0.15, -0.1) is 0 Å². The normalized spacial score (nSPS) is 12.5. The molecule has 5 heteroatoms. The largest absolute Gasteiger partial charge is 0.326 e. The van der Waals surface area contributed by atoms with Crippen LogP contribution in [0.25, 0.3) is 0 Å². The van der Waals surface area contributed by atoms with Gasteiger partial charge in [0.1, 0.15) is 0 Å². The first kappa shape index (κ1) is 15.0. The Morgan fingerprint density at radius 1 is 1.28 bits per heavy atom. The van der Waals surface area contributed by atoms with Gasteiger partial charge in [0.25, 0.3) is 0 Å². The van der Waals surface area contributed by atoms with Gasteiger partial charge in [0.15, 0.2) is 0 Å². The molecule has 0 spiro atoms. The number of aryl methyl sites for hydroxylation is 1. The van der Waals surface area contributed by atoms with Crippen molar-refractivity contribution in [1.82, 2.24) is 0 Å². The molecule has 0 heterocycles. The molecular formula is C13H22N2O2S. The highest BCUT2D eigenvalue weighted by Crippen LogP contribution is 2.21. The predicted octanol–water partition coefficient (Wildman–Crippen LogP) is 2.24. The van der Waals surface area contributed by atoms with Crippen molar-refractivity contribution in [2.75, 3.05) is 10.5 Å². The van der Waals surface area contributed by atoms with Crippen LogP contribution < -0.4 is 10.5 Å². The third kappa shape index (κ3) is 4.66. The molecule has 18 heavy (non-hydrogen) atoms. The first-order valence-corrected chi connectivity index (χ1v) is 7.58. The van der Waals surface area contributed by atoms with Gasteiger partial charge in [-0.05, 0) is 29.5 Å². The van der Waals surface area contributed by atoms with E-state index < -0.39 is 10.0 Å². The first-order chi connectivity index (χ1) is 8.13. The molecule has 3 N–H and O–H groups in total. The summed E-state index contributed by atoms with van der Waals surface area (Å²) in [5.41, 5.74) is 7.70. The van der Waals surface area contributed by atoms with Crippen LogP contribution in [0.3, 0.4) is 0 Å². The average molecular weight is 270 g/mol. The molecular weight excluding hydrogens is 248 g/mol. The Morgan fingerprint density at radius 3 is 2.39 bits per heavy atom. The van der Waals surface area contributed by atoms with Crippen LogP contribution in [0.15, 0.2) is 18.2 Å². The van der Waals surface area contributed by atoms with Gasteiger partial charge in [-0.25, -0.2) is 8.42 Å². The summed E-state index contributed by atoms with van der Waals surface area (Å²) >= 11 is 0. The van der Waals surface area contributed by atoms with Crippen LogP contribution in [0.1, 0.15) is 31.9 Å². The van der Waals surface area contributed by atoms with E-state index in [4.69, 9.17) is 5.73 Å². The summed E-state index contributed by atoms with van der Waals surface area (Å²) in [5, 5.41) is 0. The number of hydrogen-bond donors (Lipinski definition) is 2. The van der Waals surface area contributed by atoms with Gasteiger partial charge in [0.2, 0.25) is 10.0 Å². The third-order valence-electron chi connectivity index (χ3n) is 2.43. The fourth-order valence-electron chi connectivity index (χ4n) is 1.68. The van der Waals surface area contributed by atoms with E-state index in [2.05, 4.69) is 4.72 Å². The van der Waals surface area contributed by atoms with Gasteiger partial charge >= 0.3 is 0 Å². The maximum absolute atomic E-state index is 12.0. The van der Waals surface area contributed by atoms with Gasteiger partial charge in [0.05, 0.1) is 11.4 Å². The maximum Gasteiger partial charge on any atom is 0.233 e. The number of benzene rings is 1. The zero-order valence-corrected chi connectivity index (χ0v) is 12.3. The van der Waals surface area contributed by atoms with Gasteiger partial charge < -0.3 is 5.73 Å². The number of nitrogens with one attached hydrogen (secondary N) is 1. The molecule has 4 nitrogen and oxygen atoms in total. The Kier molecular flexibility index (Phi) is 4.40. The molecule has 0 aliphatic rings. The number of nitrogens with two attached hydrogens (primary N) is 1. The van der Waals surface area contributed by atoms with Gasteiger partial charge in [0, 0.05) is 6.54 Å². The topological polar surface area (TPSA) is 72.2 Å². The summed E-state index contributed by atoms with van der Waals surface area (Å²) in [6.07, 6.45) is 0. The van der Waals surface area contributed by atoms with Crippen molar-refractivity contribution in [2.45, 2.75) is 34.2 Å². The lowest BCUT2D eigenvalue weighted by Gasteiger charge is -2.19. The summed E-state index contributed by atoms with van der Waals surface area (Å²) in [6.45, 7) is 7.96. The van der Waals surface area contributed by atoms with E-state index in [-0.39, 0.29) is 11.2 Å². The number of anilines is 1. The van der Waals surface area contributed by atoms with Crippen LogP contribution in [0.4, 0.5) is 5.69 Å². The molecule has 0 radical (unpaired) electrons.